The zero-order valence-corrected chi connectivity index (χ0v) is 10.6. The minimum atomic E-state index is -0.176. The van der Waals surface area contributed by atoms with Gasteiger partial charge in [0.15, 0.2) is 5.78 Å². The molecule has 3 nitrogen and oxygen atoms in total. The summed E-state index contributed by atoms with van der Waals surface area (Å²) in [7, 11) is 0. The molecule has 0 saturated heterocycles. The van der Waals surface area contributed by atoms with E-state index in [1.807, 2.05) is 6.92 Å². The van der Waals surface area contributed by atoms with Crippen LogP contribution in [-0.4, -0.2) is 24.8 Å². The molecule has 1 heterocycles. The van der Waals surface area contributed by atoms with E-state index in [0.717, 1.165) is 0 Å². The van der Waals surface area contributed by atoms with Crippen LogP contribution in [0.15, 0.2) is 11.4 Å². The normalized spacial score (nSPS) is 10.4. The van der Waals surface area contributed by atoms with Crippen LogP contribution in [0, 0.1) is 0 Å². The van der Waals surface area contributed by atoms with Crippen molar-refractivity contribution in [2.75, 3.05) is 13.2 Å². The maximum Gasteiger partial charge on any atom is 0.171 e. The summed E-state index contributed by atoms with van der Waals surface area (Å²) < 4.78 is 5.60. The summed E-state index contributed by atoms with van der Waals surface area (Å²) in [5, 5.41) is 1.67. The monoisotopic (exact) mass is 260 g/mol. The fourth-order valence-electron chi connectivity index (χ4n) is 1.16. The molecule has 88 valence electrons. The fourth-order valence-corrected chi connectivity index (χ4v) is 2.04. The van der Waals surface area contributed by atoms with Gasteiger partial charge in [-0.05, 0) is 13.0 Å². The van der Waals surface area contributed by atoms with Gasteiger partial charge in [-0.15, -0.1) is 11.3 Å². The zero-order chi connectivity index (χ0) is 12.0. The largest absolute Gasteiger partial charge is 0.381 e. The van der Waals surface area contributed by atoms with E-state index >= 15 is 0 Å². The van der Waals surface area contributed by atoms with Gasteiger partial charge in [0, 0.05) is 24.0 Å². The molecule has 0 saturated carbocycles. The lowest BCUT2D eigenvalue weighted by Crippen LogP contribution is -2.10. The van der Waals surface area contributed by atoms with Crippen molar-refractivity contribution in [1.29, 1.82) is 0 Å². The highest BCUT2D eigenvalue weighted by Crippen LogP contribution is 2.21. The Bertz CT molecular complexity index is 373. The van der Waals surface area contributed by atoms with Crippen molar-refractivity contribution in [3.8, 4) is 0 Å². The zero-order valence-electron chi connectivity index (χ0n) is 8.99. The van der Waals surface area contributed by atoms with Crippen molar-refractivity contribution in [3.05, 3.63) is 21.3 Å². The summed E-state index contributed by atoms with van der Waals surface area (Å²) in [5.74, 6) is -0.273. The lowest BCUT2D eigenvalue weighted by atomic mass is 10.1. The SMILES string of the molecule is CCOCCC(=O)CC(=O)c1csc(Cl)c1. The molecule has 0 radical (unpaired) electrons. The Morgan fingerprint density at radius 3 is 2.81 bits per heavy atom. The van der Waals surface area contributed by atoms with Crippen LogP contribution in [-0.2, 0) is 9.53 Å². The van der Waals surface area contributed by atoms with E-state index in [9.17, 15) is 9.59 Å². The Balaban J connectivity index is 2.37. The van der Waals surface area contributed by atoms with Gasteiger partial charge in [-0.2, -0.15) is 0 Å². The maximum absolute atomic E-state index is 11.6. The van der Waals surface area contributed by atoms with Crippen molar-refractivity contribution in [3.63, 3.8) is 0 Å². The highest BCUT2D eigenvalue weighted by atomic mass is 35.5. The first-order valence-corrected chi connectivity index (χ1v) is 6.26. The number of carbonyl (C=O) groups excluding carboxylic acids is 2. The quantitative estimate of drug-likeness (QED) is 0.430. The number of Topliss-reactive ketones (excluding diaryl/α,β-unsaturated/α-hetero) is 2. The van der Waals surface area contributed by atoms with Gasteiger partial charge in [0.2, 0.25) is 0 Å². The topological polar surface area (TPSA) is 43.4 Å². The number of ether oxygens (including phenoxy) is 1. The molecule has 0 atom stereocenters. The molecule has 0 fully saturated rings. The Hall–Kier alpha value is -0.710. The first kappa shape index (κ1) is 13.4. The molecule has 5 heteroatoms. The summed E-state index contributed by atoms with van der Waals surface area (Å²) in [5.41, 5.74) is 0.514. The van der Waals surface area contributed by atoms with Crippen molar-refractivity contribution < 1.29 is 14.3 Å². The molecular formula is C11H13ClO3S. The number of rotatable bonds is 7. The van der Waals surface area contributed by atoms with E-state index in [1.54, 1.807) is 11.4 Å². The molecule has 0 aliphatic carbocycles. The number of ketones is 2. The van der Waals surface area contributed by atoms with Gasteiger partial charge in [0.05, 0.1) is 17.4 Å². The van der Waals surface area contributed by atoms with E-state index in [0.29, 0.717) is 23.1 Å². The second-order valence-corrected chi connectivity index (χ2v) is 4.77. The number of carbonyl (C=O) groups is 2. The minimum Gasteiger partial charge on any atom is -0.381 e. The number of thiophene rings is 1. The smallest absolute Gasteiger partial charge is 0.171 e. The summed E-state index contributed by atoms with van der Waals surface area (Å²) in [6.45, 7) is 2.83. The summed E-state index contributed by atoms with van der Waals surface area (Å²) in [6, 6.07) is 1.59. The van der Waals surface area contributed by atoms with Crippen LogP contribution >= 0.6 is 22.9 Å². The van der Waals surface area contributed by atoms with Crippen molar-refractivity contribution in [1.82, 2.24) is 0 Å². The van der Waals surface area contributed by atoms with Crippen LogP contribution < -0.4 is 0 Å². The van der Waals surface area contributed by atoms with Gasteiger partial charge < -0.3 is 4.74 Å². The lowest BCUT2D eigenvalue weighted by Gasteiger charge is -2.00. The van der Waals surface area contributed by atoms with E-state index in [4.69, 9.17) is 16.3 Å². The average Bonchev–Trinajstić information content (AvgIpc) is 2.65. The Morgan fingerprint density at radius 2 is 2.25 bits per heavy atom. The summed E-state index contributed by atoms with van der Waals surface area (Å²) >= 11 is 6.99. The molecule has 16 heavy (non-hydrogen) atoms. The van der Waals surface area contributed by atoms with E-state index < -0.39 is 0 Å². The molecule has 0 aliphatic rings. The van der Waals surface area contributed by atoms with Crippen molar-refractivity contribution in [2.45, 2.75) is 19.8 Å². The van der Waals surface area contributed by atoms with Gasteiger partial charge in [0.25, 0.3) is 0 Å². The Kier molecular flexibility index (Phi) is 5.66. The second kappa shape index (κ2) is 6.78. The second-order valence-electron chi connectivity index (χ2n) is 3.23. The van der Waals surface area contributed by atoms with Gasteiger partial charge in [0.1, 0.15) is 5.78 Å². The lowest BCUT2D eigenvalue weighted by molar-refractivity contribution is -0.119. The molecule has 0 aliphatic heterocycles. The summed E-state index contributed by atoms with van der Waals surface area (Å²) in [6.07, 6.45) is 0.220. The van der Waals surface area contributed by atoms with Gasteiger partial charge in [-0.3, -0.25) is 9.59 Å². The standard InChI is InChI=1S/C11H13ClO3S/c1-2-15-4-3-9(13)6-10(14)8-5-11(12)16-7-8/h5,7H,2-4,6H2,1H3. The third kappa shape index (κ3) is 4.43. The predicted molar refractivity (Wildman–Crippen MR) is 64.4 cm³/mol. The van der Waals surface area contributed by atoms with E-state index in [1.165, 1.54) is 11.3 Å². The van der Waals surface area contributed by atoms with Crippen molar-refractivity contribution in [2.24, 2.45) is 0 Å². The van der Waals surface area contributed by atoms with Crippen LogP contribution in [0.1, 0.15) is 30.1 Å². The van der Waals surface area contributed by atoms with Crippen LogP contribution in [0.5, 0.6) is 0 Å². The predicted octanol–water partition coefficient (Wildman–Crippen LogP) is 2.97. The molecule has 0 unspecified atom stereocenters. The average molecular weight is 261 g/mol. The first-order chi connectivity index (χ1) is 7.63. The van der Waals surface area contributed by atoms with E-state index in [2.05, 4.69) is 0 Å². The first-order valence-electron chi connectivity index (χ1n) is 5.00. The third-order valence-corrected chi connectivity index (χ3v) is 3.07. The molecule has 0 amide bonds. The molecule has 0 bridgehead atoms. The van der Waals surface area contributed by atoms with Gasteiger partial charge in [-0.25, -0.2) is 0 Å². The minimum absolute atomic E-state index is 0.0693. The molecular weight excluding hydrogens is 248 g/mol. The fraction of sp³-hybridized carbons (Fsp3) is 0.455. The van der Waals surface area contributed by atoms with Crippen molar-refractivity contribution >= 4 is 34.5 Å². The maximum atomic E-state index is 11.6. The Morgan fingerprint density at radius 1 is 1.50 bits per heavy atom. The highest BCUT2D eigenvalue weighted by molar-refractivity contribution is 7.14. The summed E-state index contributed by atoms with van der Waals surface area (Å²) in [4.78, 5) is 23.0. The van der Waals surface area contributed by atoms with Gasteiger partial charge >= 0.3 is 0 Å². The Labute approximate surface area is 103 Å². The third-order valence-electron chi connectivity index (χ3n) is 1.98. The van der Waals surface area contributed by atoms with Crippen LogP contribution in [0.2, 0.25) is 4.34 Å². The van der Waals surface area contributed by atoms with Gasteiger partial charge in [-0.1, -0.05) is 11.6 Å². The molecule has 1 aromatic heterocycles. The van der Waals surface area contributed by atoms with Crippen LogP contribution in [0.4, 0.5) is 0 Å². The number of halogens is 1. The molecule has 0 aromatic carbocycles. The number of hydrogen-bond donors (Lipinski definition) is 0. The van der Waals surface area contributed by atoms with Crippen LogP contribution in [0.3, 0.4) is 0 Å². The molecule has 1 aromatic rings. The molecule has 0 spiro atoms. The van der Waals surface area contributed by atoms with Crippen LogP contribution in [0.25, 0.3) is 0 Å². The highest BCUT2D eigenvalue weighted by Gasteiger charge is 2.13. The molecule has 1 rings (SSSR count). The van der Waals surface area contributed by atoms with E-state index in [-0.39, 0.29) is 24.4 Å². The number of hydrogen-bond acceptors (Lipinski definition) is 4. The molecule has 0 N–H and O–H groups in total.